The first-order valence-electron chi connectivity index (χ1n) is 8.66. The van der Waals surface area contributed by atoms with Crippen molar-refractivity contribution >= 4 is 28.8 Å². The molecule has 0 aliphatic rings. The van der Waals surface area contributed by atoms with E-state index in [1.807, 2.05) is 20.8 Å². The number of hydrogen-bond acceptors (Lipinski definition) is 5. The van der Waals surface area contributed by atoms with E-state index in [2.05, 4.69) is 52.6 Å². The van der Waals surface area contributed by atoms with Crippen LogP contribution >= 0.6 is 22.7 Å². The number of rotatable bonds is 8. The van der Waals surface area contributed by atoms with Crippen molar-refractivity contribution in [3.8, 4) is 0 Å². The summed E-state index contributed by atoms with van der Waals surface area (Å²) in [6.45, 7) is 8.41. The molecule has 0 spiro atoms. The standard InChI is InChI=1S/C19H28N2O2S2/c1-5-14(21-18(22)23-19(2,3)4)13-20-16(17-9-7-11-25-17)12-15-8-6-10-24-15/h6-11,14,16,20H,5,12-13H2,1-4H3,(H,21,22). The maximum absolute atomic E-state index is 12.0. The van der Waals surface area contributed by atoms with Crippen molar-refractivity contribution in [3.63, 3.8) is 0 Å². The lowest BCUT2D eigenvalue weighted by Gasteiger charge is -2.25. The van der Waals surface area contributed by atoms with E-state index in [-0.39, 0.29) is 18.2 Å². The molecule has 0 aliphatic heterocycles. The summed E-state index contributed by atoms with van der Waals surface area (Å²) in [4.78, 5) is 14.7. The zero-order valence-electron chi connectivity index (χ0n) is 15.4. The van der Waals surface area contributed by atoms with Crippen LogP contribution in [0.15, 0.2) is 35.0 Å². The summed E-state index contributed by atoms with van der Waals surface area (Å²) in [6.07, 6.45) is 1.45. The van der Waals surface area contributed by atoms with Gasteiger partial charge in [0.1, 0.15) is 5.60 Å². The van der Waals surface area contributed by atoms with Crippen molar-refractivity contribution in [2.45, 2.75) is 58.2 Å². The molecular weight excluding hydrogens is 352 g/mol. The first-order chi connectivity index (χ1) is 11.9. The van der Waals surface area contributed by atoms with E-state index in [0.717, 1.165) is 12.8 Å². The molecule has 2 aromatic rings. The molecule has 0 radical (unpaired) electrons. The van der Waals surface area contributed by atoms with Crippen molar-refractivity contribution in [1.29, 1.82) is 0 Å². The third-order valence-corrected chi connectivity index (χ3v) is 5.58. The fourth-order valence-corrected chi connectivity index (χ4v) is 4.00. The SMILES string of the molecule is CCC(CNC(Cc1cccs1)c1cccs1)NC(=O)OC(C)(C)C. The number of ether oxygens (including phenoxy) is 1. The lowest BCUT2D eigenvalue weighted by Crippen LogP contribution is -2.44. The summed E-state index contributed by atoms with van der Waals surface area (Å²) in [5, 5.41) is 10.8. The molecule has 138 valence electrons. The third-order valence-electron chi connectivity index (χ3n) is 3.70. The molecule has 25 heavy (non-hydrogen) atoms. The molecule has 6 heteroatoms. The van der Waals surface area contributed by atoms with Gasteiger partial charge in [-0.3, -0.25) is 0 Å². The molecule has 0 fully saturated rings. The fraction of sp³-hybridized carbons (Fsp3) is 0.526. The van der Waals surface area contributed by atoms with Crippen molar-refractivity contribution in [2.75, 3.05) is 6.54 Å². The smallest absolute Gasteiger partial charge is 0.407 e. The number of carbonyl (C=O) groups excluding carboxylic acids is 1. The molecule has 2 heterocycles. The summed E-state index contributed by atoms with van der Waals surface area (Å²) in [7, 11) is 0. The molecule has 0 saturated carbocycles. The summed E-state index contributed by atoms with van der Waals surface area (Å²) in [5.74, 6) is 0. The summed E-state index contributed by atoms with van der Waals surface area (Å²) >= 11 is 3.54. The van der Waals surface area contributed by atoms with Crippen LogP contribution in [-0.4, -0.2) is 24.3 Å². The quantitative estimate of drug-likeness (QED) is 0.678. The Labute approximate surface area is 158 Å². The molecule has 0 saturated heterocycles. The Hall–Kier alpha value is -1.37. The van der Waals surface area contributed by atoms with E-state index < -0.39 is 5.60 Å². The lowest BCUT2D eigenvalue weighted by atomic mass is 10.1. The number of carbonyl (C=O) groups is 1. The molecule has 2 atom stereocenters. The number of nitrogens with one attached hydrogen (secondary N) is 2. The second-order valence-electron chi connectivity index (χ2n) is 7.01. The normalized spacial score (nSPS) is 14.1. The number of amides is 1. The van der Waals surface area contributed by atoms with Gasteiger partial charge < -0.3 is 15.4 Å². The van der Waals surface area contributed by atoms with Gasteiger partial charge in [-0.1, -0.05) is 19.1 Å². The van der Waals surface area contributed by atoms with Crippen molar-refractivity contribution < 1.29 is 9.53 Å². The molecule has 4 nitrogen and oxygen atoms in total. The first kappa shape index (κ1) is 19.9. The summed E-state index contributed by atoms with van der Waals surface area (Å²) < 4.78 is 5.36. The Morgan fingerprint density at radius 3 is 2.48 bits per heavy atom. The molecule has 2 unspecified atom stereocenters. The highest BCUT2D eigenvalue weighted by molar-refractivity contribution is 7.10. The van der Waals surface area contributed by atoms with Crippen molar-refractivity contribution in [2.24, 2.45) is 0 Å². The van der Waals surface area contributed by atoms with Crippen LogP contribution in [-0.2, 0) is 11.2 Å². The van der Waals surface area contributed by atoms with Crippen LogP contribution in [0.4, 0.5) is 4.79 Å². The zero-order chi connectivity index (χ0) is 18.3. The van der Waals surface area contributed by atoms with Gasteiger partial charge in [-0.25, -0.2) is 4.79 Å². The average Bonchev–Trinajstić information content (AvgIpc) is 3.20. The minimum absolute atomic E-state index is 0.0423. The van der Waals surface area contributed by atoms with Crippen LogP contribution in [0.3, 0.4) is 0 Å². The van der Waals surface area contributed by atoms with E-state index >= 15 is 0 Å². The van der Waals surface area contributed by atoms with Crippen LogP contribution in [0.1, 0.15) is 49.9 Å². The first-order valence-corrected chi connectivity index (χ1v) is 10.4. The van der Waals surface area contributed by atoms with E-state index in [4.69, 9.17) is 4.74 Å². The van der Waals surface area contributed by atoms with Crippen molar-refractivity contribution in [3.05, 3.63) is 44.8 Å². The maximum atomic E-state index is 12.0. The number of alkyl carbamates (subject to hydrolysis) is 1. The highest BCUT2D eigenvalue weighted by Crippen LogP contribution is 2.25. The predicted octanol–water partition coefficient (Wildman–Crippen LogP) is 4.99. The van der Waals surface area contributed by atoms with Crippen molar-refractivity contribution in [1.82, 2.24) is 10.6 Å². The molecular formula is C19H28N2O2S2. The van der Waals surface area contributed by atoms with Crippen LogP contribution in [0.5, 0.6) is 0 Å². The van der Waals surface area contributed by atoms with Gasteiger partial charge >= 0.3 is 6.09 Å². The molecule has 1 amide bonds. The molecule has 0 aromatic carbocycles. The topological polar surface area (TPSA) is 50.4 Å². The van der Waals surface area contributed by atoms with Gasteiger partial charge in [-0.15, -0.1) is 22.7 Å². The van der Waals surface area contributed by atoms with Crippen LogP contribution in [0.25, 0.3) is 0 Å². The Balaban J connectivity index is 1.92. The van der Waals surface area contributed by atoms with Gasteiger partial charge in [-0.05, 0) is 50.1 Å². The molecule has 2 rings (SSSR count). The minimum atomic E-state index is -0.478. The highest BCUT2D eigenvalue weighted by Gasteiger charge is 2.20. The number of thiophene rings is 2. The summed E-state index contributed by atoms with van der Waals surface area (Å²) in [5.41, 5.74) is -0.478. The monoisotopic (exact) mass is 380 g/mol. The van der Waals surface area contributed by atoms with Crippen LogP contribution < -0.4 is 10.6 Å². The Morgan fingerprint density at radius 2 is 1.92 bits per heavy atom. The maximum Gasteiger partial charge on any atom is 0.407 e. The van der Waals surface area contributed by atoms with E-state index in [1.165, 1.54) is 9.75 Å². The second-order valence-corrected chi connectivity index (χ2v) is 9.02. The van der Waals surface area contributed by atoms with Gasteiger partial charge in [-0.2, -0.15) is 0 Å². The summed E-state index contributed by atoms with van der Waals surface area (Å²) in [6, 6.07) is 8.80. The van der Waals surface area contributed by atoms with E-state index in [0.29, 0.717) is 6.54 Å². The van der Waals surface area contributed by atoms with Crippen LogP contribution in [0, 0.1) is 0 Å². The molecule has 2 N–H and O–H groups in total. The van der Waals surface area contributed by atoms with Gasteiger partial charge in [0.2, 0.25) is 0 Å². The Morgan fingerprint density at radius 1 is 1.20 bits per heavy atom. The van der Waals surface area contributed by atoms with Gasteiger partial charge in [0.25, 0.3) is 0 Å². The van der Waals surface area contributed by atoms with Gasteiger partial charge in [0.05, 0.1) is 0 Å². The van der Waals surface area contributed by atoms with Gasteiger partial charge in [0.15, 0.2) is 0 Å². The lowest BCUT2D eigenvalue weighted by molar-refractivity contribution is 0.0502. The van der Waals surface area contributed by atoms with Gasteiger partial charge in [0, 0.05) is 34.8 Å². The molecule has 2 aromatic heterocycles. The van der Waals surface area contributed by atoms with Crippen LogP contribution in [0.2, 0.25) is 0 Å². The largest absolute Gasteiger partial charge is 0.444 e. The predicted molar refractivity (Wildman–Crippen MR) is 107 cm³/mol. The molecule has 0 aliphatic carbocycles. The highest BCUT2D eigenvalue weighted by atomic mass is 32.1. The average molecular weight is 381 g/mol. The molecule has 0 bridgehead atoms. The minimum Gasteiger partial charge on any atom is -0.444 e. The van der Waals surface area contributed by atoms with E-state index in [1.54, 1.807) is 22.7 Å². The Bertz CT molecular complexity index is 618. The third kappa shape index (κ3) is 7.18. The van der Waals surface area contributed by atoms with E-state index in [9.17, 15) is 4.79 Å². The second kappa shape index (κ2) is 9.36. The fourth-order valence-electron chi connectivity index (χ4n) is 2.45. The zero-order valence-corrected chi connectivity index (χ0v) is 17.0. The Kier molecular flexibility index (Phi) is 7.47. The number of hydrogen-bond donors (Lipinski definition) is 2.